The molecule has 0 radical (unpaired) electrons. The predicted molar refractivity (Wildman–Crippen MR) is 56.4 cm³/mol. The van der Waals surface area contributed by atoms with Crippen LogP contribution in [0.25, 0.3) is 0 Å². The summed E-state index contributed by atoms with van der Waals surface area (Å²) in [5, 5.41) is 0. The van der Waals surface area contributed by atoms with Crippen molar-refractivity contribution in [2.75, 3.05) is 19.8 Å². The highest BCUT2D eigenvalue weighted by Crippen LogP contribution is 2.57. The lowest BCUT2D eigenvalue weighted by Crippen LogP contribution is -1.96. The summed E-state index contributed by atoms with van der Waals surface area (Å²) in [4.78, 5) is 0. The Morgan fingerprint density at radius 2 is 1.71 bits per heavy atom. The molecule has 0 unspecified atom stereocenters. The van der Waals surface area contributed by atoms with E-state index in [4.69, 9.17) is 25.4 Å². The molecule has 0 aromatic rings. The smallest absolute Gasteiger partial charge is 0.375 e. The second kappa shape index (κ2) is 7.30. The molecule has 6 heteroatoms. The minimum Gasteiger partial charge on any atom is -0.500 e. The Balaban J connectivity index is 4.54. The Labute approximate surface area is 89.7 Å². The second-order valence-corrected chi connectivity index (χ2v) is 4.89. The Morgan fingerprint density at radius 3 is 2.07 bits per heavy atom. The molecule has 84 valence electrons. The molecule has 4 nitrogen and oxygen atoms in total. The van der Waals surface area contributed by atoms with Gasteiger partial charge in [-0.05, 0) is 20.8 Å². The number of halogens is 1. The Kier molecular flexibility index (Phi) is 7.28. The number of hydrogen-bond donors (Lipinski definition) is 0. The molecule has 0 aliphatic heterocycles. The van der Waals surface area contributed by atoms with Gasteiger partial charge >= 0.3 is 7.60 Å². The summed E-state index contributed by atoms with van der Waals surface area (Å²) in [7, 11) is -3.34. The van der Waals surface area contributed by atoms with E-state index in [9.17, 15) is 4.57 Å². The minimum absolute atomic E-state index is 0.0250. The average molecular weight is 243 g/mol. The van der Waals surface area contributed by atoms with Crippen molar-refractivity contribution in [1.82, 2.24) is 0 Å². The van der Waals surface area contributed by atoms with Gasteiger partial charge < -0.3 is 13.8 Å². The van der Waals surface area contributed by atoms with Gasteiger partial charge in [-0.3, -0.25) is 4.57 Å². The van der Waals surface area contributed by atoms with Crippen LogP contribution in [0.3, 0.4) is 0 Å². The first-order valence-electron chi connectivity index (χ1n) is 4.47. The average Bonchev–Trinajstić information content (AvgIpc) is 2.15. The van der Waals surface area contributed by atoms with E-state index in [1.807, 2.05) is 0 Å². The van der Waals surface area contributed by atoms with Gasteiger partial charge in [-0.25, -0.2) is 0 Å². The molecule has 0 aromatic carbocycles. The van der Waals surface area contributed by atoms with E-state index in [1.165, 1.54) is 6.26 Å². The van der Waals surface area contributed by atoms with E-state index in [1.54, 1.807) is 20.8 Å². The summed E-state index contributed by atoms with van der Waals surface area (Å²) in [6.07, 6.45) is 1.20. The first kappa shape index (κ1) is 14.0. The van der Waals surface area contributed by atoms with Gasteiger partial charge in [0.05, 0.1) is 19.8 Å². The lowest BCUT2D eigenvalue weighted by molar-refractivity contribution is 0.224. The minimum atomic E-state index is -3.34. The molecule has 0 fully saturated rings. The Morgan fingerprint density at radius 1 is 1.21 bits per heavy atom. The summed E-state index contributed by atoms with van der Waals surface area (Å²) in [5.41, 5.74) is 0. The third-order valence-electron chi connectivity index (χ3n) is 1.21. The van der Waals surface area contributed by atoms with Crippen LogP contribution in [0.4, 0.5) is 0 Å². The van der Waals surface area contributed by atoms with Gasteiger partial charge in [0.2, 0.25) is 0 Å². The van der Waals surface area contributed by atoms with E-state index in [0.29, 0.717) is 6.61 Å². The zero-order valence-electron chi connectivity index (χ0n) is 8.66. The van der Waals surface area contributed by atoms with Crippen LogP contribution in [-0.2, 0) is 18.3 Å². The van der Waals surface area contributed by atoms with Crippen molar-refractivity contribution in [3.63, 3.8) is 0 Å². The molecule has 0 atom stereocenters. The molecule has 0 spiro atoms. The summed E-state index contributed by atoms with van der Waals surface area (Å²) >= 11 is 5.75. The van der Waals surface area contributed by atoms with Gasteiger partial charge in [0.15, 0.2) is 4.77 Å². The molecule has 0 amide bonds. The third-order valence-corrected chi connectivity index (χ3v) is 3.74. The number of ether oxygens (including phenoxy) is 1. The topological polar surface area (TPSA) is 44.8 Å². The summed E-state index contributed by atoms with van der Waals surface area (Å²) in [5.74, 6) is 0. The fourth-order valence-corrected chi connectivity index (χ4v) is 2.28. The van der Waals surface area contributed by atoms with E-state index >= 15 is 0 Å². The molecule has 0 rings (SSSR count). The first-order valence-corrected chi connectivity index (χ1v) is 6.39. The van der Waals surface area contributed by atoms with Crippen molar-refractivity contribution in [1.29, 1.82) is 0 Å². The SMILES string of the molecule is CCOC=C(Cl)P(=O)(OCC)OCC. The maximum Gasteiger partial charge on any atom is 0.375 e. The van der Waals surface area contributed by atoms with Gasteiger partial charge in [-0.15, -0.1) is 0 Å². The summed E-state index contributed by atoms with van der Waals surface area (Å²) < 4.78 is 26.7. The maximum absolute atomic E-state index is 11.9. The standard InChI is InChI=1S/C8H16ClO4P/c1-4-11-7-8(9)14(10,12-5-2)13-6-3/h7H,4-6H2,1-3H3. The van der Waals surface area contributed by atoms with Crippen molar-refractivity contribution >= 4 is 19.2 Å². The monoisotopic (exact) mass is 242 g/mol. The van der Waals surface area contributed by atoms with E-state index < -0.39 is 7.60 Å². The molecule has 0 aromatic heterocycles. The third kappa shape index (κ3) is 4.47. The van der Waals surface area contributed by atoms with Gasteiger partial charge in [0, 0.05) is 0 Å². The number of rotatable bonds is 7. The molecule has 0 aliphatic carbocycles. The molecule has 0 saturated heterocycles. The van der Waals surface area contributed by atoms with Crippen LogP contribution in [0.5, 0.6) is 0 Å². The predicted octanol–water partition coefficient (Wildman–Crippen LogP) is 3.33. The van der Waals surface area contributed by atoms with Crippen molar-refractivity contribution < 1.29 is 18.3 Å². The van der Waals surface area contributed by atoms with Gasteiger partial charge in [0.25, 0.3) is 0 Å². The number of hydrogen-bond acceptors (Lipinski definition) is 4. The summed E-state index contributed by atoms with van der Waals surface area (Å²) in [6, 6.07) is 0. The molecule has 0 bridgehead atoms. The molecule has 14 heavy (non-hydrogen) atoms. The fourth-order valence-electron chi connectivity index (χ4n) is 0.717. The van der Waals surface area contributed by atoms with Crippen LogP contribution in [-0.4, -0.2) is 19.8 Å². The molecular formula is C8H16ClO4P. The van der Waals surface area contributed by atoms with Crippen molar-refractivity contribution in [2.24, 2.45) is 0 Å². The van der Waals surface area contributed by atoms with Crippen molar-refractivity contribution in [3.8, 4) is 0 Å². The van der Waals surface area contributed by atoms with Gasteiger partial charge in [-0.1, -0.05) is 11.6 Å². The van der Waals surface area contributed by atoms with Crippen LogP contribution in [0.1, 0.15) is 20.8 Å². The van der Waals surface area contributed by atoms with Crippen LogP contribution < -0.4 is 0 Å². The normalized spacial score (nSPS) is 13.0. The Bertz CT molecular complexity index is 219. The van der Waals surface area contributed by atoms with Crippen LogP contribution in [0, 0.1) is 0 Å². The van der Waals surface area contributed by atoms with Gasteiger partial charge in [-0.2, -0.15) is 0 Å². The van der Waals surface area contributed by atoms with E-state index in [2.05, 4.69) is 0 Å². The zero-order chi connectivity index (χ0) is 11.0. The lowest BCUT2D eigenvalue weighted by Gasteiger charge is -2.15. The molecule has 0 saturated carbocycles. The van der Waals surface area contributed by atoms with E-state index in [0.717, 1.165) is 0 Å². The lowest BCUT2D eigenvalue weighted by atomic mass is 10.9. The quantitative estimate of drug-likeness (QED) is 0.507. The van der Waals surface area contributed by atoms with Crippen LogP contribution in [0.2, 0.25) is 0 Å². The second-order valence-electron chi connectivity index (χ2n) is 2.23. The Hall–Kier alpha value is -0.0200. The molecular weight excluding hydrogens is 227 g/mol. The fraction of sp³-hybridized carbons (Fsp3) is 0.750. The molecule has 0 N–H and O–H groups in total. The van der Waals surface area contributed by atoms with Crippen LogP contribution in [0.15, 0.2) is 11.0 Å². The van der Waals surface area contributed by atoms with Crippen molar-refractivity contribution in [3.05, 3.63) is 11.0 Å². The maximum atomic E-state index is 11.9. The largest absolute Gasteiger partial charge is 0.500 e. The highest BCUT2D eigenvalue weighted by atomic mass is 35.5. The van der Waals surface area contributed by atoms with Gasteiger partial charge in [0.1, 0.15) is 6.26 Å². The highest BCUT2D eigenvalue weighted by Gasteiger charge is 2.28. The highest BCUT2D eigenvalue weighted by molar-refractivity contribution is 7.61. The molecule has 0 aliphatic rings. The molecule has 0 heterocycles. The van der Waals surface area contributed by atoms with Crippen LogP contribution >= 0.6 is 19.2 Å². The summed E-state index contributed by atoms with van der Waals surface area (Å²) in [6.45, 7) is 6.23. The van der Waals surface area contributed by atoms with Crippen molar-refractivity contribution in [2.45, 2.75) is 20.8 Å². The van der Waals surface area contributed by atoms with E-state index in [-0.39, 0.29) is 18.0 Å². The zero-order valence-corrected chi connectivity index (χ0v) is 10.3. The first-order chi connectivity index (χ1) is 6.60.